The highest BCUT2D eigenvalue weighted by Crippen LogP contribution is 2.40. The summed E-state index contributed by atoms with van der Waals surface area (Å²) >= 11 is 6.04. The van der Waals surface area contributed by atoms with Gasteiger partial charge < -0.3 is 10.1 Å². The van der Waals surface area contributed by atoms with Crippen molar-refractivity contribution < 1.29 is 14.3 Å². The molecule has 2 aliphatic rings. The first-order valence-corrected chi connectivity index (χ1v) is 11.1. The Kier molecular flexibility index (Phi) is 6.33. The molecule has 1 saturated heterocycles. The Morgan fingerprint density at radius 3 is 2.52 bits per heavy atom. The molecule has 1 N–H and O–H groups in total. The monoisotopic (exact) mass is 438 g/mol. The highest BCUT2D eigenvalue weighted by molar-refractivity contribution is 6.30. The Hall–Kier alpha value is -2.79. The van der Waals surface area contributed by atoms with Crippen molar-refractivity contribution in [3.63, 3.8) is 0 Å². The molecule has 5 nitrogen and oxygen atoms in total. The van der Waals surface area contributed by atoms with Crippen LogP contribution in [0.4, 0.5) is 5.69 Å². The summed E-state index contributed by atoms with van der Waals surface area (Å²) < 4.78 is 5.44. The fourth-order valence-electron chi connectivity index (χ4n) is 4.46. The minimum atomic E-state index is -1.08. The molecule has 4 rings (SSSR count). The van der Waals surface area contributed by atoms with Crippen LogP contribution < -0.4 is 15.0 Å². The highest BCUT2D eigenvalue weighted by atomic mass is 35.5. The zero-order valence-electron chi connectivity index (χ0n) is 17.6. The molecule has 0 aromatic heterocycles. The van der Waals surface area contributed by atoms with Crippen LogP contribution in [0.3, 0.4) is 0 Å². The van der Waals surface area contributed by atoms with E-state index in [1.165, 1.54) is 6.42 Å². The number of carbonyl (C=O) groups excluding carboxylic acids is 2. The van der Waals surface area contributed by atoms with E-state index in [-0.39, 0.29) is 24.3 Å². The predicted molar refractivity (Wildman–Crippen MR) is 123 cm³/mol. The third-order valence-electron chi connectivity index (χ3n) is 6.17. The van der Waals surface area contributed by atoms with Gasteiger partial charge in [0.25, 0.3) is 5.91 Å². The lowest BCUT2D eigenvalue weighted by Gasteiger charge is -2.49. The van der Waals surface area contributed by atoms with Gasteiger partial charge in [-0.1, -0.05) is 55.1 Å². The van der Waals surface area contributed by atoms with Crippen molar-refractivity contribution >= 4 is 35.2 Å². The summed E-state index contributed by atoms with van der Waals surface area (Å²) in [6.07, 6.45) is 9.23. The number of halogens is 1. The largest absolute Gasteiger partial charge is 0.496 e. The number of hydrogen-bond donors (Lipinski definition) is 1. The minimum absolute atomic E-state index is 0.0919. The molecule has 0 unspecified atom stereocenters. The Bertz CT molecular complexity index is 983. The number of carbonyl (C=O) groups is 2. The van der Waals surface area contributed by atoms with Gasteiger partial charge in [0.05, 0.1) is 13.5 Å². The third kappa shape index (κ3) is 4.33. The van der Waals surface area contributed by atoms with Crippen LogP contribution in [0.15, 0.2) is 54.6 Å². The van der Waals surface area contributed by atoms with Crippen LogP contribution in [0, 0.1) is 0 Å². The number of amides is 2. The van der Waals surface area contributed by atoms with Crippen molar-refractivity contribution in [3.05, 3.63) is 65.2 Å². The second-order valence-corrected chi connectivity index (χ2v) is 8.63. The summed E-state index contributed by atoms with van der Waals surface area (Å²) in [7, 11) is 1.62. The number of rotatable bonds is 6. The zero-order valence-corrected chi connectivity index (χ0v) is 18.4. The molecule has 1 aliphatic heterocycles. The average molecular weight is 439 g/mol. The Balaban J connectivity index is 1.69. The number of methoxy groups -OCH3 is 1. The van der Waals surface area contributed by atoms with E-state index in [9.17, 15) is 9.59 Å². The first-order valence-electron chi connectivity index (χ1n) is 10.8. The molecule has 2 aromatic rings. The summed E-state index contributed by atoms with van der Waals surface area (Å²) in [5, 5.41) is 3.80. The molecule has 0 radical (unpaired) electrons. The Labute approximate surface area is 188 Å². The third-order valence-corrected chi connectivity index (χ3v) is 6.42. The van der Waals surface area contributed by atoms with Crippen molar-refractivity contribution in [2.75, 3.05) is 12.0 Å². The van der Waals surface area contributed by atoms with E-state index in [1.54, 1.807) is 36.3 Å². The van der Waals surface area contributed by atoms with Gasteiger partial charge in [0.2, 0.25) is 5.91 Å². The smallest absolute Gasteiger partial charge is 0.251 e. The normalized spacial score (nSPS) is 21.7. The van der Waals surface area contributed by atoms with E-state index in [4.69, 9.17) is 16.3 Å². The number of nitrogens with zero attached hydrogens (tertiary/aromatic N) is 1. The van der Waals surface area contributed by atoms with Crippen LogP contribution in [0.5, 0.6) is 5.75 Å². The standard InChI is InChI=1S/C25H27ClN2O3/c1-31-22-10-6-5-7-18(22)15-16-25(24(30)27-20-8-3-2-4-9-20)17-23(29)28(25)21-13-11-19(26)12-14-21/h5-7,10-16,20H,2-4,8-9,17H2,1H3,(H,27,30)/b16-15+/t25-/m1/s1. The van der Waals surface area contributed by atoms with Gasteiger partial charge in [0, 0.05) is 22.3 Å². The molecule has 2 amide bonds. The number of β-lactam (4-membered cyclic amide) rings is 1. The molecule has 1 heterocycles. The minimum Gasteiger partial charge on any atom is -0.496 e. The van der Waals surface area contributed by atoms with Gasteiger partial charge in [0.1, 0.15) is 5.75 Å². The lowest BCUT2D eigenvalue weighted by molar-refractivity contribution is -0.137. The van der Waals surface area contributed by atoms with E-state index in [1.807, 2.05) is 36.4 Å². The first kappa shape index (κ1) is 21.4. The lowest BCUT2D eigenvalue weighted by atomic mass is 9.80. The summed E-state index contributed by atoms with van der Waals surface area (Å²) in [6, 6.07) is 14.8. The van der Waals surface area contributed by atoms with Crippen molar-refractivity contribution in [2.45, 2.75) is 50.1 Å². The van der Waals surface area contributed by atoms with Crippen molar-refractivity contribution in [3.8, 4) is 5.75 Å². The fourth-order valence-corrected chi connectivity index (χ4v) is 4.59. The van der Waals surface area contributed by atoms with E-state index in [2.05, 4.69) is 5.32 Å². The molecular weight excluding hydrogens is 412 g/mol. The van der Waals surface area contributed by atoms with Crippen LogP contribution in [0.25, 0.3) is 6.08 Å². The number of benzene rings is 2. The lowest BCUT2D eigenvalue weighted by Crippen LogP contribution is -2.70. The quantitative estimate of drug-likeness (QED) is 0.646. The fraction of sp³-hybridized carbons (Fsp3) is 0.360. The summed E-state index contributed by atoms with van der Waals surface area (Å²) in [6.45, 7) is 0. The molecule has 1 saturated carbocycles. The molecule has 0 spiro atoms. The van der Waals surface area contributed by atoms with Crippen LogP contribution in [-0.4, -0.2) is 30.5 Å². The molecule has 1 aliphatic carbocycles. The molecule has 6 heteroatoms. The van der Waals surface area contributed by atoms with Crippen LogP contribution in [0.2, 0.25) is 5.02 Å². The van der Waals surface area contributed by atoms with Gasteiger partial charge in [-0.2, -0.15) is 0 Å². The zero-order chi connectivity index (χ0) is 21.8. The van der Waals surface area contributed by atoms with E-state index >= 15 is 0 Å². The molecular formula is C25H27ClN2O3. The molecule has 162 valence electrons. The van der Waals surface area contributed by atoms with Crippen molar-refractivity contribution in [1.82, 2.24) is 5.32 Å². The second kappa shape index (κ2) is 9.15. The SMILES string of the molecule is COc1ccccc1/C=C/[C@]1(C(=O)NC2CCCCC2)CC(=O)N1c1ccc(Cl)cc1. The van der Waals surface area contributed by atoms with Crippen molar-refractivity contribution in [1.29, 1.82) is 0 Å². The maximum Gasteiger partial charge on any atom is 0.251 e. The van der Waals surface area contributed by atoms with Crippen LogP contribution >= 0.6 is 11.6 Å². The van der Waals surface area contributed by atoms with E-state index in [0.29, 0.717) is 16.5 Å². The predicted octanol–water partition coefficient (Wildman–Crippen LogP) is 4.99. The summed E-state index contributed by atoms with van der Waals surface area (Å²) in [5.41, 5.74) is 0.429. The first-order chi connectivity index (χ1) is 15.0. The maximum absolute atomic E-state index is 13.6. The van der Waals surface area contributed by atoms with E-state index in [0.717, 1.165) is 31.2 Å². The van der Waals surface area contributed by atoms with Gasteiger partial charge >= 0.3 is 0 Å². The topological polar surface area (TPSA) is 58.6 Å². The molecule has 2 fully saturated rings. The van der Waals surface area contributed by atoms with Crippen LogP contribution in [0.1, 0.15) is 44.1 Å². The molecule has 31 heavy (non-hydrogen) atoms. The number of ether oxygens (including phenoxy) is 1. The second-order valence-electron chi connectivity index (χ2n) is 8.19. The number of nitrogens with one attached hydrogen (secondary N) is 1. The van der Waals surface area contributed by atoms with Crippen LogP contribution in [-0.2, 0) is 9.59 Å². The summed E-state index contributed by atoms with van der Waals surface area (Å²) in [4.78, 5) is 27.9. The Morgan fingerprint density at radius 1 is 1.13 bits per heavy atom. The number of para-hydroxylation sites is 1. The maximum atomic E-state index is 13.6. The average Bonchev–Trinajstić information content (AvgIpc) is 2.78. The van der Waals surface area contributed by atoms with Gasteiger partial charge in [-0.3, -0.25) is 14.5 Å². The van der Waals surface area contributed by atoms with Gasteiger partial charge in [-0.05, 0) is 49.2 Å². The molecule has 2 aromatic carbocycles. The van der Waals surface area contributed by atoms with Gasteiger partial charge in [-0.25, -0.2) is 0 Å². The van der Waals surface area contributed by atoms with E-state index < -0.39 is 5.54 Å². The van der Waals surface area contributed by atoms with Crippen molar-refractivity contribution in [2.24, 2.45) is 0 Å². The molecule has 1 atom stereocenters. The number of anilines is 1. The number of hydrogen-bond acceptors (Lipinski definition) is 3. The van der Waals surface area contributed by atoms with Gasteiger partial charge in [-0.15, -0.1) is 0 Å². The summed E-state index contributed by atoms with van der Waals surface area (Å²) in [5.74, 6) is 0.483. The highest BCUT2D eigenvalue weighted by Gasteiger charge is 2.55. The molecule has 0 bridgehead atoms. The van der Waals surface area contributed by atoms with Gasteiger partial charge in [0.15, 0.2) is 5.54 Å². The Morgan fingerprint density at radius 2 is 1.84 bits per heavy atom.